The van der Waals surface area contributed by atoms with Gasteiger partial charge in [0, 0.05) is 37.5 Å². The lowest BCUT2D eigenvalue weighted by atomic mass is 9.84. The number of nitrogens with zero attached hydrogens (tertiary/aromatic N) is 4. The minimum Gasteiger partial charge on any atom is -0.376 e. The van der Waals surface area contributed by atoms with E-state index in [1.165, 1.54) is 24.1 Å². The van der Waals surface area contributed by atoms with Gasteiger partial charge in [0.05, 0.1) is 18.3 Å². The molecule has 0 aliphatic carbocycles. The summed E-state index contributed by atoms with van der Waals surface area (Å²) in [6, 6.07) is 8.88. The molecule has 0 amide bonds. The van der Waals surface area contributed by atoms with E-state index in [2.05, 4.69) is 66.4 Å². The summed E-state index contributed by atoms with van der Waals surface area (Å²) in [5.41, 5.74) is 4.08. The van der Waals surface area contributed by atoms with E-state index in [1.54, 1.807) is 0 Å². The van der Waals surface area contributed by atoms with E-state index in [0.717, 1.165) is 38.4 Å². The molecule has 2 aromatic rings. The minimum absolute atomic E-state index is 0.241. The van der Waals surface area contributed by atoms with Crippen LogP contribution in [-0.4, -0.2) is 40.8 Å². The van der Waals surface area contributed by atoms with Crippen LogP contribution in [0.1, 0.15) is 57.2 Å². The van der Waals surface area contributed by atoms with E-state index >= 15 is 0 Å². The molecule has 0 spiro atoms. The second-order valence-electron chi connectivity index (χ2n) is 8.69. The zero-order valence-corrected chi connectivity index (χ0v) is 16.2. The van der Waals surface area contributed by atoms with Crippen molar-refractivity contribution in [1.82, 2.24) is 15.0 Å². The van der Waals surface area contributed by atoms with Crippen molar-refractivity contribution in [3.8, 4) is 0 Å². The third-order valence-electron chi connectivity index (χ3n) is 5.64. The molecule has 0 bridgehead atoms. The second-order valence-corrected chi connectivity index (χ2v) is 8.69. The first-order chi connectivity index (χ1) is 12.5. The van der Waals surface area contributed by atoms with Crippen LogP contribution in [0.5, 0.6) is 0 Å². The fourth-order valence-corrected chi connectivity index (χ4v) is 4.09. The van der Waals surface area contributed by atoms with E-state index in [4.69, 9.17) is 4.74 Å². The van der Waals surface area contributed by atoms with E-state index in [0.29, 0.717) is 5.41 Å². The molecule has 2 saturated heterocycles. The predicted molar refractivity (Wildman–Crippen MR) is 104 cm³/mol. The number of hydrogen-bond acceptors (Lipinski definition) is 4. The van der Waals surface area contributed by atoms with Crippen LogP contribution in [0.2, 0.25) is 0 Å². The Balaban J connectivity index is 1.43. The summed E-state index contributed by atoms with van der Waals surface area (Å²) in [5.74, 6) is 0.241. The van der Waals surface area contributed by atoms with Crippen molar-refractivity contribution < 1.29 is 4.74 Å². The molecule has 3 heterocycles. The van der Waals surface area contributed by atoms with E-state index in [9.17, 15) is 0 Å². The van der Waals surface area contributed by atoms with Gasteiger partial charge >= 0.3 is 0 Å². The standard InChI is InChI=1S/C21H30N4O/c1-16(17-7-6-8-18(11-17)24-14-21(2,3)15-24)20-13-25(23-22-20)12-19-9-4-5-10-26-19/h6-8,11,13,16,19H,4-5,9-10,12,14-15H2,1-3H3. The normalized spacial score (nSPS) is 23.5. The van der Waals surface area contributed by atoms with Crippen molar-refractivity contribution in [1.29, 1.82) is 0 Å². The fraction of sp³-hybridized carbons (Fsp3) is 0.619. The molecule has 2 fully saturated rings. The summed E-state index contributed by atoms with van der Waals surface area (Å²) >= 11 is 0. The molecular formula is C21H30N4O. The van der Waals surface area contributed by atoms with Gasteiger partial charge in [-0.1, -0.05) is 38.1 Å². The molecule has 5 heteroatoms. The maximum Gasteiger partial charge on any atom is 0.0898 e. The Morgan fingerprint density at radius 2 is 2.12 bits per heavy atom. The smallest absolute Gasteiger partial charge is 0.0898 e. The van der Waals surface area contributed by atoms with Crippen LogP contribution >= 0.6 is 0 Å². The molecule has 2 aliphatic rings. The first-order valence-corrected chi connectivity index (χ1v) is 9.87. The predicted octanol–water partition coefficient (Wildman–Crippen LogP) is 3.85. The molecule has 26 heavy (non-hydrogen) atoms. The van der Waals surface area contributed by atoms with Crippen LogP contribution in [0.15, 0.2) is 30.5 Å². The maximum absolute atomic E-state index is 5.82. The van der Waals surface area contributed by atoms with E-state index in [1.807, 2.05) is 4.68 Å². The molecule has 0 radical (unpaired) electrons. The molecule has 5 nitrogen and oxygen atoms in total. The first kappa shape index (κ1) is 17.5. The Labute approximate surface area is 156 Å². The molecule has 0 N–H and O–H groups in total. The highest BCUT2D eigenvalue weighted by Gasteiger charge is 2.34. The third-order valence-corrected chi connectivity index (χ3v) is 5.64. The summed E-state index contributed by atoms with van der Waals surface area (Å²) in [4.78, 5) is 2.45. The van der Waals surface area contributed by atoms with Crippen LogP contribution in [0.25, 0.3) is 0 Å². The van der Waals surface area contributed by atoms with Gasteiger partial charge in [0.2, 0.25) is 0 Å². The number of aromatic nitrogens is 3. The van der Waals surface area contributed by atoms with Gasteiger partial charge in [-0.05, 0) is 42.4 Å². The summed E-state index contributed by atoms with van der Waals surface area (Å²) < 4.78 is 7.77. The number of rotatable bonds is 5. The van der Waals surface area contributed by atoms with Gasteiger partial charge in [0.25, 0.3) is 0 Å². The SMILES string of the molecule is CC(c1cccc(N2CC(C)(C)C2)c1)c1cn(CC2CCCCO2)nn1. The molecule has 2 atom stereocenters. The van der Waals surface area contributed by atoms with Gasteiger partial charge in [-0.2, -0.15) is 0 Å². The topological polar surface area (TPSA) is 43.2 Å². The summed E-state index contributed by atoms with van der Waals surface area (Å²) in [6.45, 7) is 10.8. The number of anilines is 1. The van der Waals surface area contributed by atoms with Crippen molar-refractivity contribution in [2.45, 2.75) is 58.6 Å². The van der Waals surface area contributed by atoms with Crippen molar-refractivity contribution >= 4 is 5.69 Å². The molecule has 140 valence electrons. The van der Waals surface area contributed by atoms with Gasteiger partial charge < -0.3 is 9.64 Å². The third kappa shape index (κ3) is 3.78. The lowest BCUT2D eigenvalue weighted by Gasteiger charge is -2.47. The zero-order chi connectivity index (χ0) is 18.1. The lowest BCUT2D eigenvalue weighted by molar-refractivity contribution is 0.00369. The maximum atomic E-state index is 5.82. The van der Waals surface area contributed by atoms with Crippen LogP contribution in [0, 0.1) is 5.41 Å². The Kier molecular flexibility index (Phi) is 4.74. The highest BCUT2D eigenvalue weighted by Crippen LogP contribution is 2.35. The first-order valence-electron chi connectivity index (χ1n) is 9.87. The van der Waals surface area contributed by atoms with Crippen molar-refractivity contribution in [3.63, 3.8) is 0 Å². The van der Waals surface area contributed by atoms with Crippen LogP contribution in [-0.2, 0) is 11.3 Å². The largest absolute Gasteiger partial charge is 0.376 e. The van der Waals surface area contributed by atoms with Crippen LogP contribution in [0.4, 0.5) is 5.69 Å². The number of benzene rings is 1. The van der Waals surface area contributed by atoms with Crippen LogP contribution in [0.3, 0.4) is 0 Å². The molecule has 2 unspecified atom stereocenters. The van der Waals surface area contributed by atoms with Crippen molar-refractivity contribution in [2.75, 3.05) is 24.6 Å². The minimum atomic E-state index is 0.241. The molecule has 4 rings (SSSR count). The lowest BCUT2D eigenvalue weighted by Crippen LogP contribution is -2.53. The fourth-order valence-electron chi connectivity index (χ4n) is 4.09. The Bertz CT molecular complexity index is 740. The molecular weight excluding hydrogens is 324 g/mol. The molecule has 0 saturated carbocycles. The van der Waals surface area contributed by atoms with Crippen molar-refractivity contribution in [2.24, 2.45) is 5.41 Å². The Morgan fingerprint density at radius 3 is 2.85 bits per heavy atom. The summed E-state index contributed by atoms with van der Waals surface area (Å²) in [6.07, 6.45) is 5.93. The van der Waals surface area contributed by atoms with Gasteiger partial charge in [-0.3, -0.25) is 0 Å². The van der Waals surface area contributed by atoms with Crippen LogP contribution < -0.4 is 4.90 Å². The van der Waals surface area contributed by atoms with Gasteiger partial charge in [-0.25, -0.2) is 4.68 Å². The summed E-state index contributed by atoms with van der Waals surface area (Å²) in [7, 11) is 0. The molecule has 1 aromatic carbocycles. The highest BCUT2D eigenvalue weighted by molar-refractivity contribution is 5.52. The highest BCUT2D eigenvalue weighted by atomic mass is 16.5. The average Bonchev–Trinajstić information content (AvgIpc) is 3.08. The van der Waals surface area contributed by atoms with Gasteiger partial charge in [0.1, 0.15) is 0 Å². The average molecular weight is 354 g/mol. The van der Waals surface area contributed by atoms with Crippen molar-refractivity contribution in [3.05, 3.63) is 41.7 Å². The van der Waals surface area contributed by atoms with Gasteiger partial charge in [-0.15, -0.1) is 5.10 Å². The Morgan fingerprint density at radius 1 is 1.27 bits per heavy atom. The zero-order valence-electron chi connectivity index (χ0n) is 16.2. The molecule has 2 aliphatic heterocycles. The monoisotopic (exact) mass is 354 g/mol. The quantitative estimate of drug-likeness (QED) is 0.818. The number of ether oxygens (including phenoxy) is 1. The van der Waals surface area contributed by atoms with E-state index in [-0.39, 0.29) is 12.0 Å². The second kappa shape index (κ2) is 7.03. The summed E-state index contributed by atoms with van der Waals surface area (Å²) in [5, 5.41) is 8.77. The number of hydrogen-bond donors (Lipinski definition) is 0. The van der Waals surface area contributed by atoms with Gasteiger partial charge in [0.15, 0.2) is 0 Å². The Hall–Kier alpha value is -1.88. The van der Waals surface area contributed by atoms with E-state index < -0.39 is 0 Å². The molecule has 1 aromatic heterocycles.